The Morgan fingerprint density at radius 3 is 2.55 bits per heavy atom. The van der Waals surface area contributed by atoms with E-state index in [9.17, 15) is 13.6 Å². The smallest absolute Gasteiger partial charge is 0.280 e. The average molecular weight is 565 g/mol. The first kappa shape index (κ1) is 26.9. The molecule has 1 saturated carbocycles. The summed E-state index contributed by atoms with van der Waals surface area (Å²) in [6, 6.07) is 6.07. The first-order valence-electron chi connectivity index (χ1n) is 12.0. The van der Waals surface area contributed by atoms with Gasteiger partial charge in [0, 0.05) is 29.3 Å². The van der Waals surface area contributed by atoms with Crippen LogP contribution in [0.1, 0.15) is 40.3 Å². The van der Waals surface area contributed by atoms with Gasteiger partial charge in [0.2, 0.25) is 16.9 Å². The highest BCUT2D eigenvalue weighted by Gasteiger charge is 2.23. The van der Waals surface area contributed by atoms with E-state index in [4.69, 9.17) is 14.2 Å². The maximum atomic E-state index is 13.6. The topological polar surface area (TPSA) is 121 Å². The number of carbonyl (C=O) groups is 1. The van der Waals surface area contributed by atoms with Crippen molar-refractivity contribution >= 4 is 22.4 Å². The zero-order chi connectivity index (χ0) is 28.2. The van der Waals surface area contributed by atoms with E-state index in [-0.39, 0.29) is 33.5 Å². The molecule has 0 spiro atoms. The minimum absolute atomic E-state index is 0.0784. The summed E-state index contributed by atoms with van der Waals surface area (Å²) in [6.45, 7) is 0. The molecule has 0 aliphatic heterocycles. The second-order valence-corrected chi connectivity index (χ2v) is 9.52. The molecule has 13 heteroatoms. The van der Waals surface area contributed by atoms with Gasteiger partial charge >= 0.3 is 0 Å². The second-order valence-electron chi connectivity index (χ2n) is 8.55. The predicted molar refractivity (Wildman–Crippen MR) is 143 cm³/mol. The molecule has 0 aromatic carbocycles. The van der Waals surface area contributed by atoms with E-state index in [2.05, 4.69) is 42.3 Å². The Hall–Kier alpha value is -4.70. The largest absolute Gasteiger partial charge is 0.494 e. The predicted octanol–water partition coefficient (Wildman–Crippen LogP) is 5.03. The van der Waals surface area contributed by atoms with Gasteiger partial charge in [0.1, 0.15) is 11.4 Å². The number of halogens is 2. The standard InChI is InChI=1S/C27H22F2N6O4S/c1-37-21-13-31-20(24(28)29)11-17(21)16-10-19(15-7-8-22(38-2)32-26(15)39-3)30-12-18(16)25(36)33-27-35-34-23(40-27)9-6-14-4-5-14/h7-8,10-14,24H,4-5H2,1-3H3,(H,33,35,36). The molecular formula is C27H22F2N6O4S. The lowest BCUT2D eigenvalue weighted by Crippen LogP contribution is -2.14. The number of hydrogen-bond acceptors (Lipinski definition) is 10. The van der Waals surface area contributed by atoms with Crippen molar-refractivity contribution in [1.29, 1.82) is 0 Å². The molecule has 40 heavy (non-hydrogen) atoms. The number of ether oxygens (including phenoxy) is 3. The number of nitrogens with zero attached hydrogens (tertiary/aromatic N) is 5. The van der Waals surface area contributed by atoms with Crippen molar-refractivity contribution in [3.63, 3.8) is 0 Å². The summed E-state index contributed by atoms with van der Waals surface area (Å²) in [7, 11) is 4.30. The van der Waals surface area contributed by atoms with Crippen LogP contribution in [0.5, 0.6) is 17.5 Å². The van der Waals surface area contributed by atoms with E-state index in [0.717, 1.165) is 24.2 Å². The van der Waals surface area contributed by atoms with Crippen LogP contribution in [-0.2, 0) is 0 Å². The molecule has 0 radical (unpaired) electrons. The van der Waals surface area contributed by atoms with Crippen molar-refractivity contribution in [2.45, 2.75) is 19.3 Å². The van der Waals surface area contributed by atoms with Crippen LogP contribution >= 0.6 is 11.3 Å². The van der Waals surface area contributed by atoms with Gasteiger partial charge in [0.25, 0.3) is 12.3 Å². The molecule has 4 heterocycles. The molecule has 1 aliphatic carbocycles. The zero-order valence-electron chi connectivity index (χ0n) is 21.6. The molecular weight excluding hydrogens is 542 g/mol. The molecule has 1 amide bonds. The van der Waals surface area contributed by atoms with Crippen molar-refractivity contribution in [3.05, 3.63) is 52.9 Å². The average Bonchev–Trinajstić information content (AvgIpc) is 3.71. The van der Waals surface area contributed by atoms with Gasteiger partial charge in [-0.2, -0.15) is 4.98 Å². The Labute approximate surface area is 231 Å². The van der Waals surface area contributed by atoms with Crippen LogP contribution in [0.2, 0.25) is 0 Å². The number of rotatable bonds is 8. The van der Waals surface area contributed by atoms with Crippen molar-refractivity contribution in [3.8, 4) is 51.7 Å². The zero-order valence-corrected chi connectivity index (χ0v) is 22.4. The molecule has 1 fully saturated rings. The molecule has 5 rings (SSSR count). The third-order valence-corrected chi connectivity index (χ3v) is 6.64. The lowest BCUT2D eigenvalue weighted by atomic mass is 9.97. The summed E-state index contributed by atoms with van der Waals surface area (Å²) in [6.07, 6.45) is 1.83. The van der Waals surface area contributed by atoms with Gasteiger partial charge in [-0.15, -0.1) is 10.2 Å². The molecule has 0 atom stereocenters. The quantitative estimate of drug-likeness (QED) is 0.294. The first-order valence-corrected chi connectivity index (χ1v) is 12.8. The fourth-order valence-corrected chi connectivity index (χ4v) is 4.33. The second kappa shape index (κ2) is 11.6. The Morgan fingerprint density at radius 2 is 1.85 bits per heavy atom. The Bertz CT molecular complexity index is 1630. The number of anilines is 1. The number of aromatic nitrogens is 5. The third kappa shape index (κ3) is 5.81. The molecule has 1 N–H and O–H groups in total. The minimum Gasteiger partial charge on any atom is -0.494 e. The van der Waals surface area contributed by atoms with Gasteiger partial charge in [-0.25, -0.2) is 8.78 Å². The summed E-state index contributed by atoms with van der Waals surface area (Å²) in [5.74, 6) is 6.60. The number of methoxy groups -OCH3 is 3. The minimum atomic E-state index is -2.84. The van der Waals surface area contributed by atoms with Crippen molar-refractivity contribution in [1.82, 2.24) is 25.1 Å². The van der Waals surface area contributed by atoms with E-state index >= 15 is 0 Å². The van der Waals surface area contributed by atoms with Crippen LogP contribution in [-0.4, -0.2) is 52.4 Å². The Kier molecular flexibility index (Phi) is 7.79. The van der Waals surface area contributed by atoms with Crippen molar-refractivity contribution in [2.75, 3.05) is 26.6 Å². The first-order chi connectivity index (χ1) is 19.4. The molecule has 4 aromatic heterocycles. The van der Waals surface area contributed by atoms with Gasteiger partial charge < -0.3 is 14.2 Å². The summed E-state index contributed by atoms with van der Waals surface area (Å²) in [4.78, 5) is 26.0. The monoisotopic (exact) mass is 564 g/mol. The molecule has 204 valence electrons. The Morgan fingerprint density at radius 1 is 1.02 bits per heavy atom. The lowest BCUT2D eigenvalue weighted by Gasteiger charge is -2.15. The van der Waals surface area contributed by atoms with Gasteiger partial charge in [-0.3, -0.25) is 20.1 Å². The highest BCUT2D eigenvalue weighted by atomic mass is 32.1. The summed E-state index contributed by atoms with van der Waals surface area (Å²) < 4.78 is 43.2. The van der Waals surface area contributed by atoms with Crippen LogP contribution in [0.3, 0.4) is 0 Å². The number of carbonyl (C=O) groups excluding carboxylic acids is 1. The lowest BCUT2D eigenvalue weighted by molar-refractivity contribution is 0.102. The highest BCUT2D eigenvalue weighted by molar-refractivity contribution is 7.15. The van der Waals surface area contributed by atoms with E-state index < -0.39 is 18.0 Å². The number of nitrogens with one attached hydrogen (secondary N) is 1. The van der Waals surface area contributed by atoms with Crippen LogP contribution < -0.4 is 19.5 Å². The van der Waals surface area contributed by atoms with E-state index in [1.807, 2.05) is 0 Å². The fourth-order valence-electron chi connectivity index (χ4n) is 3.73. The molecule has 0 saturated heterocycles. The van der Waals surface area contributed by atoms with Gasteiger partial charge in [0.05, 0.1) is 44.3 Å². The fraction of sp³-hybridized carbons (Fsp3) is 0.259. The normalized spacial score (nSPS) is 12.4. The highest BCUT2D eigenvalue weighted by Crippen LogP contribution is 2.38. The summed E-state index contributed by atoms with van der Waals surface area (Å²) in [5, 5.41) is 11.4. The summed E-state index contributed by atoms with van der Waals surface area (Å²) in [5.41, 5.74) is 0.934. The van der Waals surface area contributed by atoms with Crippen LogP contribution in [0, 0.1) is 17.8 Å². The summed E-state index contributed by atoms with van der Waals surface area (Å²) >= 11 is 1.13. The van der Waals surface area contributed by atoms with Gasteiger partial charge in [0.15, 0.2) is 5.01 Å². The maximum absolute atomic E-state index is 13.6. The maximum Gasteiger partial charge on any atom is 0.280 e. The van der Waals surface area contributed by atoms with Crippen molar-refractivity contribution in [2.24, 2.45) is 5.92 Å². The van der Waals surface area contributed by atoms with Crippen LogP contribution in [0.15, 0.2) is 36.7 Å². The third-order valence-electron chi connectivity index (χ3n) is 5.89. The molecule has 0 bridgehead atoms. The van der Waals surface area contributed by atoms with E-state index in [1.165, 1.54) is 39.8 Å². The molecule has 10 nitrogen and oxygen atoms in total. The van der Waals surface area contributed by atoms with Crippen LogP contribution in [0.25, 0.3) is 22.4 Å². The number of pyridine rings is 3. The van der Waals surface area contributed by atoms with Gasteiger partial charge in [-0.1, -0.05) is 17.3 Å². The SMILES string of the molecule is COc1ccc(-c2cc(-c3cc(C(F)F)ncc3OC)c(C(=O)Nc3nnc(C#CC4CC4)s3)cn2)c(OC)n1. The molecule has 1 aliphatic rings. The molecule has 4 aromatic rings. The number of hydrogen-bond donors (Lipinski definition) is 1. The van der Waals surface area contributed by atoms with Gasteiger partial charge in [-0.05, 0) is 37.0 Å². The van der Waals surface area contributed by atoms with Crippen molar-refractivity contribution < 1.29 is 27.8 Å². The van der Waals surface area contributed by atoms with E-state index in [1.54, 1.807) is 18.2 Å². The molecule has 0 unspecified atom stereocenters. The number of amides is 1. The van der Waals surface area contributed by atoms with Crippen LogP contribution in [0.4, 0.5) is 13.9 Å². The number of alkyl halides is 2. The Balaban J connectivity index is 1.59. The van der Waals surface area contributed by atoms with E-state index in [0.29, 0.717) is 28.1 Å².